The lowest BCUT2D eigenvalue weighted by atomic mass is 10.2. The van der Waals surface area contributed by atoms with Crippen LogP contribution in [0.15, 0.2) is 48.1 Å². The molecule has 0 saturated carbocycles. The fraction of sp³-hybridized carbons (Fsp3) is 0.0769. The molecule has 2 N–H and O–H groups in total. The summed E-state index contributed by atoms with van der Waals surface area (Å²) in [6, 6.07) is 8.99. The third kappa shape index (κ3) is 4.77. The smallest absolute Gasteiger partial charge is 0.325 e. The third-order valence-electron chi connectivity index (χ3n) is 2.43. The van der Waals surface area contributed by atoms with Crippen LogP contribution < -0.4 is 4.72 Å². The number of hydrogen-bond donors (Lipinski definition) is 2. The Kier molecular flexibility index (Phi) is 4.39. The molecule has 2 rings (SSSR count). The lowest BCUT2D eigenvalue weighted by Crippen LogP contribution is -2.10. The van der Waals surface area contributed by atoms with Crippen LogP contribution in [0, 0.1) is 0 Å². The lowest BCUT2D eigenvalue weighted by molar-refractivity contribution is -0.137. The predicted octanol–water partition coefficient (Wildman–Crippen LogP) is 1.38. The first kappa shape index (κ1) is 14.8. The molecule has 1 aromatic carbocycles. The van der Waals surface area contributed by atoms with Crippen LogP contribution >= 0.6 is 0 Å². The van der Waals surface area contributed by atoms with Crippen molar-refractivity contribution in [1.82, 2.24) is 9.78 Å². The molecule has 8 heteroatoms. The van der Waals surface area contributed by atoms with Crippen LogP contribution in [0.25, 0.3) is 6.08 Å². The Labute approximate surface area is 121 Å². The first-order valence-electron chi connectivity index (χ1n) is 5.95. The van der Waals surface area contributed by atoms with Gasteiger partial charge in [-0.2, -0.15) is 5.10 Å². The fourth-order valence-corrected chi connectivity index (χ4v) is 2.41. The molecule has 0 unspecified atom stereocenters. The minimum Gasteiger partial charge on any atom is -0.480 e. The van der Waals surface area contributed by atoms with E-state index in [4.69, 9.17) is 5.11 Å². The van der Waals surface area contributed by atoms with Gasteiger partial charge in [-0.3, -0.25) is 14.2 Å². The van der Waals surface area contributed by atoms with Crippen molar-refractivity contribution < 1.29 is 18.3 Å². The second-order valence-electron chi connectivity index (χ2n) is 4.18. The number of aromatic nitrogens is 2. The van der Waals surface area contributed by atoms with E-state index in [9.17, 15) is 13.2 Å². The molecule has 0 amide bonds. The molecule has 0 spiro atoms. The van der Waals surface area contributed by atoms with Gasteiger partial charge in [0.2, 0.25) is 0 Å². The van der Waals surface area contributed by atoms with Gasteiger partial charge in [0.1, 0.15) is 6.54 Å². The van der Waals surface area contributed by atoms with Gasteiger partial charge in [0.25, 0.3) is 10.0 Å². The highest BCUT2D eigenvalue weighted by molar-refractivity contribution is 7.95. The predicted molar refractivity (Wildman–Crippen MR) is 77.9 cm³/mol. The first-order valence-corrected chi connectivity index (χ1v) is 7.49. The van der Waals surface area contributed by atoms with Gasteiger partial charge in [-0.15, -0.1) is 0 Å². The number of sulfonamides is 1. The summed E-state index contributed by atoms with van der Waals surface area (Å²) in [4.78, 5) is 10.5. The van der Waals surface area contributed by atoms with Gasteiger partial charge in [-0.25, -0.2) is 8.42 Å². The van der Waals surface area contributed by atoms with E-state index in [1.807, 2.05) is 6.07 Å². The number of benzene rings is 1. The number of hydrogen-bond acceptors (Lipinski definition) is 4. The zero-order valence-electron chi connectivity index (χ0n) is 10.9. The van der Waals surface area contributed by atoms with Crippen molar-refractivity contribution in [2.45, 2.75) is 6.54 Å². The van der Waals surface area contributed by atoms with Gasteiger partial charge >= 0.3 is 5.97 Å². The normalized spacial score (nSPS) is 11.6. The largest absolute Gasteiger partial charge is 0.480 e. The highest BCUT2D eigenvalue weighted by atomic mass is 32.2. The molecule has 7 nitrogen and oxygen atoms in total. The number of carboxylic acid groups (broad SMARTS) is 1. The maximum absolute atomic E-state index is 11.9. The zero-order chi connectivity index (χ0) is 15.3. The summed E-state index contributed by atoms with van der Waals surface area (Å²) in [6.07, 6.45) is 4.02. The van der Waals surface area contributed by atoms with E-state index in [0.29, 0.717) is 0 Å². The Balaban J connectivity index is 2.05. The van der Waals surface area contributed by atoms with Gasteiger partial charge in [-0.05, 0) is 11.6 Å². The Hall–Kier alpha value is -2.61. The van der Waals surface area contributed by atoms with Crippen molar-refractivity contribution in [1.29, 1.82) is 0 Å². The highest BCUT2D eigenvalue weighted by Crippen LogP contribution is 2.10. The summed E-state index contributed by atoms with van der Waals surface area (Å²) >= 11 is 0. The van der Waals surface area contributed by atoms with Crippen molar-refractivity contribution in [3.63, 3.8) is 0 Å². The maximum Gasteiger partial charge on any atom is 0.325 e. The first-order chi connectivity index (χ1) is 9.94. The van der Waals surface area contributed by atoms with Gasteiger partial charge in [0.05, 0.1) is 17.3 Å². The Morgan fingerprint density at radius 1 is 1.33 bits per heavy atom. The van der Waals surface area contributed by atoms with E-state index < -0.39 is 16.0 Å². The minimum absolute atomic E-state index is 0.203. The van der Waals surface area contributed by atoms with Gasteiger partial charge < -0.3 is 5.11 Å². The van der Waals surface area contributed by atoms with E-state index in [1.165, 1.54) is 18.5 Å². The van der Waals surface area contributed by atoms with E-state index in [-0.39, 0.29) is 12.2 Å². The Morgan fingerprint density at radius 3 is 2.71 bits per heavy atom. The van der Waals surface area contributed by atoms with Crippen LogP contribution in [-0.2, 0) is 21.4 Å². The van der Waals surface area contributed by atoms with Crippen molar-refractivity contribution in [3.8, 4) is 0 Å². The summed E-state index contributed by atoms with van der Waals surface area (Å²) in [5.74, 6) is -1.06. The molecule has 1 heterocycles. The molecule has 0 bridgehead atoms. The molecular formula is C13H13N3O4S. The number of carboxylic acids is 1. The molecule has 0 radical (unpaired) electrons. The van der Waals surface area contributed by atoms with Crippen molar-refractivity contribution in [2.24, 2.45) is 0 Å². The van der Waals surface area contributed by atoms with Crippen molar-refractivity contribution >= 4 is 27.8 Å². The van der Waals surface area contributed by atoms with E-state index >= 15 is 0 Å². The summed E-state index contributed by atoms with van der Waals surface area (Å²) in [7, 11) is -3.68. The molecule has 110 valence electrons. The number of rotatable bonds is 6. The molecule has 0 saturated heterocycles. The van der Waals surface area contributed by atoms with E-state index in [2.05, 4.69) is 9.82 Å². The van der Waals surface area contributed by atoms with Crippen LogP contribution in [-0.4, -0.2) is 29.3 Å². The van der Waals surface area contributed by atoms with Crippen LogP contribution in [0.4, 0.5) is 5.69 Å². The summed E-state index contributed by atoms with van der Waals surface area (Å²) in [5.41, 5.74) is 0.957. The SMILES string of the molecule is O=C(O)Cn1cc(NS(=O)(=O)/C=C/c2ccccc2)cn1. The summed E-state index contributed by atoms with van der Waals surface area (Å²) in [6.45, 7) is -0.332. The van der Waals surface area contributed by atoms with Crippen molar-refractivity contribution in [2.75, 3.05) is 4.72 Å². The van der Waals surface area contributed by atoms with Crippen molar-refractivity contribution in [3.05, 3.63) is 53.7 Å². The average Bonchev–Trinajstić information content (AvgIpc) is 2.83. The number of nitrogens with one attached hydrogen (secondary N) is 1. The lowest BCUT2D eigenvalue weighted by Gasteiger charge is -2.00. The van der Waals surface area contributed by atoms with Crippen LogP contribution in [0.1, 0.15) is 5.56 Å². The maximum atomic E-state index is 11.9. The number of carbonyl (C=O) groups is 1. The molecule has 2 aromatic rings. The standard InChI is InChI=1S/C13H13N3O4S/c17-13(18)10-16-9-12(8-14-16)15-21(19,20)7-6-11-4-2-1-3-5-11/h1-9,15H,10H2,(H,17,18)/b7-6+. The minimum atomic E-state index is -3.68. The fourth-order valence-electron chi connectivity index (χ4n) is 1.57. The van der Waals surface area contributed by atoms with Crippen LogP contribution in [0.2, 0.25) is 0 Å². The third-order valence-corrected chi connectivity index (χ3v) is 3.44. The average molecular weight is 307 g/mol. The second-order valence-corrected chi connectivity index (χ2v) is 5.75. The van der Waals surface area contributed by atoms with Crippen LogP contribution in [0.5, 0.6) is 0 Å². The second kappa shape index (κ2) is 6.23. The van der Waals surface area contributed by atoms with E-state index in [0.717, 1.165) is 15.7 Å². The molecule has 0 atom stereocenters. The summed E-state index contributed by atoms with van der Waals surface area (Å²) in [5, 5.41) is 13.4. The van der Waals surface area contributed by atoms with E-state index in [1.54, 1.807) is 24.3 Å². The molecule has 0 aliphatic carbocycles. The molecule has 0 aliphatic rings. The van der Waals surface area contributed by atoms with Crippen LogP contribution in [0.3, 0.4) is 0 Å². The Morgan fingerprint density at radius 2 is 2.05 bits per heavy atom. The molecule has 21 heavy (non-hydrogen) atoms. The molecule has 1 aromatic heterocycles. The van der Waals surface area contributed by atoms with Gasteiger partial charge in [0.15, 0.2) is 0 Å². The Bertz CT molecular complexity index is 751. The monoisotopic (exact) mass is 307 g/mol. The van der Waals surface area contributed by atoms with Gasteiger partial charge in [0, 0.05) is 6.20 Å². The molecule has 0 aliphatic heterocycles. The molecular weight excluding hydrogens is 294 g/mol. The zero-order valence-corrected chi connectivity index (χ0v) is 11.7. The summed E-state index contributed by atoms with van der Waals surface area (Å²) < 4.78 is 27.1. The quantitative estimate of drug-likeness (QED) is 0.839. The number of aliphatic carboxylic acids is 1. The van der Waals surface area contributed by atoms with Gasteiger partial charge in [-0.1, -0.05) is 30.3 Å². The number of nitrogens with zero attached hydrogens (tertiary/aromatic N) is 2. The highest BCUT2D eigenvalue weighted by Gasteiger charge is 2.08. The molecule has 0 fully saturated rings. The number of anilines is 1. The topological polar surface area (TPSA) is 101 Å².